The predicted octanol–water partition coefficient (Wildman–Crippen LogP) is 0.171. The summed E-state index contributed by atoms with van der Waals surface area (Å²) in [6, 6.07) is -0.211. The van der Waals surface area contributed by atoms with E-state index in [-0.39, 0.29) is 6.03 Å². The van der Waals surface area contributed by atoms with Crippen LogP contribution in [0.4, 0.5) is 4.79 Å². The van der Waals surface area contributed by atoms with Gasteiger partial charge < -0.3 is 5.32 Å². The van der Waals surface area contributed by atoms with E-state index in [1.165, 1.54) is 0 Å². The van der Waals surface area contributed by atoms with Gasteiger partial charge in [0.25, 0.3) is 0 Å². The highest BCUT2D eigenvalue weighted by atomic mass is 16.2. The molecular weight excluding hydrogens is 92.1 g/mol. The summed E-state index contributed by atoms with van der Waals surface area (Å²) in [6.07, 6.45) is 0. The summed E-state index contributed by atoms with van der Waals surface area (Å²) in [5.41, 5.74) is 0.866. The lowest BCUT2D eigenvalue weighted by molar-refractivity contribution is 0.252. The normalized spacial score (nSPS) is 19.0. The summed E-state index contributed by atoms with van der Waals surface area (Å²) in [5, 5.41) is 2.53. The van der Waals surface area contributed by atoms with Crippen molar-refractivity contribution in [1.29, 1.82) is 0 Å². The van der Waals surface area contributed by atoms with Crippen LogP contribution in [0.2, 0.25) is 0 Å². The summed E-state index contributed by atoms with van der Waals surface area (Å²) < 4.78 is 0. The number of aliphatic imine (C=N–C) groups is 1. The Hall–Kier alpha value is -0.860. The number of hydrogen-bond acceptors (Lipinski definition) is 1. The van der Waals surface area contributed by atoms with Crippen LogP contribution in [-0.4, -0.2) is 18.3 Å². The van der Waals surface area contributed by atoms with Crippen molar-refractivity contribution in [2.24, 2.45) is 4.99 Å². The molecule has 38 valence electrons. The molecule has 0 aromatic carbocycles. The number of nitrogens with one attached hydrogen (secondary N) is 1. The third kappa shape index (κ3) is 0.765. The minimum Gasteiger partial charge on any atom is -0.331 e. The second kappa shape index (κ2) is 1.33. The lowest BCUT2D eigenvalue weighted by Gasteiger charge is -1.80. The fraction of sp³-hybridized carbons (Fsp3) is 0.500. The lowest BCUT2D eigenvalue weighted by atomic mass is 10.4. The molecule has 0 aromatic rings. The quantitative estimate of drug-likeness (QED) is 0.461. The Morgan fingerprint density at radius 3 is 2.71 bits per heavy atom. The zero-order chi connectivity index (χ0) is 5.28. The van der Waals surface area contributed by atoms with Crippen molar-refractivity contribution in [2.45, 2.75) is 6.92 Å². The molecule has 1 aliphatic heterocycles. The predicted molar refractivity (Wildman–Crippen MR) is 26.5 cm³/mol. The van der Waals surface area contributed by atoms with Gasteiger partial charge in [-0.1, -0.05) is 0 Å². The summed E-state index contributed by atoms with van der Waals surface area (Å²) in [7, 11) is 0. The maximum absolute atomic E-state index is 10.2. The SMILES string of the molecule is CC1=NC(=O)NC1. The van der Waals surface area contributed by atoms with Crippen LogP contribution in [0.1, 0.15) is 6.92 Å². The zero-order valence-corrected chi connectivity index (χ0v) is 4.06. The molecule has 3 nitrogen and oxygen atoms in total. The number of amides is 2. The summed E-state index contributed by atoms with van der Waals surface area (Å²) in [6.45, 7) is 2.44. The Bertz CT molecular complexity index is 128. The number of carbonyl (C=O) groups is 1. The lowest BCUT2D eigenvalue weighted by Crippen LogP contribution is -2.14. The molecule has 1 N–H and O–H groups in total. The molecule has 0 radical (unpaired) electrons. The number of nitrogens with zero attached hydrogens (tertiary/aromatic N) is 1. The van der Waals surface area contributed by atoms with Gasteiger partial charge in [-0.05, 0) is 6.92 Å². The van der Waals surface area contributed by atoms with Crippen molar-refractivity contribution < 1.29 is 4.79 Å². The van der Waals surface area contributed by atoms with Gasteiger partial charge in [-0.15, -0.1) is 0 Å². The van der Waals surface area contributed by atoms with Gasteiger partial charge in [-0.2, -0.15) is 0 Å². The van der Waals surface area contributed by atoms with E-state index in [2.05, 4.69) is 10.3 Å². The highest BCUT2D eigenvalue weighted by Crippen LogP contribution is 1.85. The van der Waals surface area contributed by atoms with E-state index in [4.69, 9.17) is 0 Å². The summed E-state index contributed by atoms with van der Waals surface area (Å²) >= 11 is 0. The van der Waals surface area contributed by atoms with Gasteiger partial charge in [0.1, 0.15) is 0 Å². The third-order valence-electron chi connectivity index (χ3n) is 0.788. The largest absolute Gasteiger partial charge is 0.341 e. The first-order chi connectivity index (χ1) is 3.29. The Balaban J connectivity index is 2.67. The molecule has 0 aromatic heterocycles. The van der Waals surface area contributed by atoms with Gasteiger partial charge in [-0.3, -0.25) is 0 Å². The average molecular weight is 98.1 g/mol. The van der Waals surface area contributed by atoms with Crippen LogP contribution < -0.4 is 5.32 Å². The van der Waals surface area contributed by atoms with Crippen molar-refractivity contribution in [1.82, 2.24) is 5.32 Å². The topological polar surface area (TPSA) is 41.5 Å². The molecule has 0 aliphatic carbocycles. The number of rotatable bonds is 0. The summed E-state index contributed by atoms with van der Waals surface area (Å²) in [4.78, 5) is 13.7. The van der Waals surface area contributed by atoms with Crippen LogP contribution in [0.5, 0.6) is 0 Å². The molecule has 1 rings (SSSR count). The molecule has 0 unspecified atom stereocenters. The van der Waals surface area contributed by atoms with E-state index in [1.54, 1.807) is 0 Å². The second-order valence-corrected chi connectivity index (χ2v) is 1.51. The van der Waals surface area contributed by atoms with Crippen LogP contribution in [0.25, 0.3) is 0 Å². The molecule has 0 spiro atoms. The average Bonchev–Trinajstić information content (AvgIpc) is 1.87. The first-order valence-corrected chi connectivity index (χ1v) is 2.11. The maximum Gasteiger partial charge on any atom is 0.341 e. The van der Waals surface area contributed by atoms with Gasteiger partial charge in [0.05, 0.1) is 6.54 Å². The van der Waals surface area contributed by atoms with E-state index in [0.717, 1.165) is 5.71 Å². The Morgan fingerprint density at radius 1 is 1.86 bits per heavy atom. The molecule has 1 heterocycles. The minimum atomic E-state index is -0.211. The van der Waals surface area contributed by atoms with E-state index < -0.39 is 0 Å². The van der Waals surface area contributed by atoms with Crippen LogP contribution in [-0.2, 0) is 0 Å². The van der Waals surface area contributed by atoms with Gasteiger partial charge in [-0.25, -0.2) is 9.79 Å². The van der Waals surface area contributed by atoms with Gasteiger partial charge in [0.15, 0.2) is 0 Å². The van der Waals surface area contributed by atoms with Gasteiger partial charge >= 0.3 is 6.03 Å². The van der Waals surface area contributed by atoms with Crippen molar-refractivity contribution in [3.05, 3.63) is 0 Å². The van der Waals surface area contributed by atoms with E-state index in [1.807, 2.05) is 6.92 Å². The number of hydrogen-bond donors (Lipinski definition) is 1. The molecular formula is C4H6N2O. The Labute approximate surface area is 41.4 Å². The Kier molecular flexibility index (Phi) is 0.817. The van der Waals surface area contributed by atoms with Crippen molar-refractivity contribution in [3.8, 4) is 0 Å². The van der Waals surface area contributed by atoms with Crippen LogP contribution >= 0.6 is 0 Å². The van der Waals surface area contributed by atoms with Gasteiger partial charge in [0, 0.05) is 5.71 Å². The molecule has 1 aliphatic rings. The third-order valence-corrected chi connectivity index (χ3v) is 0.788. The summed E-state index contributed by atoms with van der Waals surface area (Å²) in [5.74, 6) is 0. The van der Waals surface area contributed by atoms with E-state index >= 15 is 0 Å². The fourth-order valence-corrected chi connectivity index (χ4v) is 0.456. The van der Waals surface area contributed by atoms with Crippen molar-refractivity contribution >= 4 is 11.7 Å². The van der Waals surface area contributed by atoms with Crippen molar-refractivity contribution in [2.75, 3.05) is 6.54 Å². The van der Waals surface area contributed by atoms with E-state index in [9.17, 15) is 4.79 Å². The Morgan fingerprint density at radius 2 is 2.57 bits per heavy atom. The molecule has 0 bridgehead atoms. The molecule has 2 amide bonds. The molecule has 0 saturated carbocycles. The smallest absolute Gasteiger partial charge is 0.331 e. The zero-order valence-electron chi connectivity index (χ0n) is 4.06. The number of carbonyl (C=O) groups excluding carboxylic acids is 1. The monoisotopic (exact) mass is 98.0 g/mol. The van der Waals surface area contributed by atoms with E-state index in [0.29, 0.717) is 6.54 Å². The molecule has 0 fully saturated rings. The van der Waals surface area contributed by atoms with Crippen LogP contribution in [0.15, 0.2) is 4.99 Å². The van der Waals surface area contributed by atoms with Crippen molar-refractivity contribution in [3.63, 3.8) is 0 Å². The van der Waals surface area contributed by atoms with Gasteiger partial charge in [0.2, 0.25) is 0 Å². The first kappa shape index (κ1) is 4.30. The highest BCUT2D eigenvalue weighted by molar-refractivity contribution is 6.01. The maximum atomic E-state index is 10.2. The highest BCUT2D eigenvalue weighted by Gasteiger charge is 2.05. The van der Waals surface area contributed by atoms with Crippen LogP contribution in [0.3, 0.4) is 0 Å². The fourth-order valence-electron chi connectivity index (χ4n) is 0.456. The molecule has 7 heavy (non-hydrogen) atoms. The second-order valence-electron chi connectivity index (χ2n) is 1.51. The molecule has 0 atom stereocenters. The molecule has 0 saturated heterocycles. The molecule has 3 heteroatoms. The number of urea groups is 1. The first-order valence-electron chi connectivity index (χ1n) is 2.11. The minimum absolute atomic E-state index is 0.211. The standard InChI is InChI=1S/C4H6N2O/c1-3-2-5-4(7)6-3/h2H2,1H3,(H,5,7). The van der Waals surface area contributed by atoms with Crippen LogP contribution in [0, 0.1) is 0 Å².